The second kappa shape index (κ2) is 31.3. The molecule has 5 heteroatoms. The van der Waals surface area contributed by atoms with Crippen molar-refractivity contribution in [2.45, 2.75) is 163 Å². The first-order valence-corrected chi connectivity index (χ1v) is 22.4. The zero-order valence-electron chi connectivity index (χ0n) is 36.3. The van der Waals surface area contributed by atoms with E-state index in [1.54, 1.807) is 4.70 Å². The quantitative estimate of drug-likeness (QED) is 0.0444. The molecule has 4 aromatic carbocycles. The van der Waals surface area contributed by atoms with Crippen molar-refractivity contribution in [1.82, 2.24) is 0 Å². The molecule has 0 aliphatic carbocycles. The van der Waals surface area contributed by atoms with Crippen molar-refractivity contribution in [3.05, 3.63) is 159 Å². The number of hydrogen-bond acceptors (Lipinski definition) is 2. The third-order valence-electron chi connectivity index (χ3n) is 10.8. The molecule has 1 heterocycles. The van der Waals surface area contributed by atoms with Gasteiger partial charge in [-0.3, -0.25) is 0 Å². The van der Waals surface area contributed by atoms with Gasteiger partial charge in [0.25, 0.3) is 0 Å². The Morgan fingerprint density at radius 1 is 0.397 bits per heavy atom. The molecule has 4 aromatic rings. The molecule has 1 aliphatic heterocycles. The summed E-state index contributed by atoms with van der Waals surface area (Å²) >= 11 is 0. The number of benzene rings is 4. The van der Waals surface area contributed by atoms with Gasteiger partial charge in [-0.25, -0.2) is 4.70 Å². The van der Waals surface area contributed by atoms with Gasteiger partial charge in [0.15, 0.2) is 0 Å². The van der Waals surface area contributed by atoms with Crippen LogP contribution in [0.5, 0.6) is 0 Å². The summed E-state index contributed by atoms with van der Waals surface area (Å²) in [5, 5.41) is 17.1. The van der Waals surface area contributed by atoms with E-state index in [2.05, 4.69) is 76.2 Å². The largest absolute Gasteiger partial charge is 0.493 e. The monoisotopic (exact) mass is 829 g/mol. The number of hydrogen-bond donors (Lipinski definition) is 2. The molecule has 0 unspecified atom stereocenters. The van der Waals surface area contributed by atoms with Gasteiger partial charge in [-0.05, 0) is 97.9 Å². The van der Waals surface area contributed by atoms with Crippen LogP contribution in [0.2, 0.25) is 0 Å². The molecule has 2 N–H and O–H groups in total. The standard InChI is InChI=1S/C39H58N2.2C7H8O.Ni/c1-5-9-13-15-16-19-21-32-27-29-34(30-28-32)38-36(25-12-8-4)37(26-17-11-7-3)39(41(38)40)35-24-20-23-33(31-35)22-18-14-10-6-2;2*8-6-7-4-2-1-3-5-7;/h20,23-24,27-31H,5-19,21-22,25-26H2,1-4H3;2*1-5,8H,6H2;. The zero-order valence-corrected chi connectivity index (χ0v) is 37.3. The molecule has 58 heavy (non-hydrogen) atoms. The minimum atomic E-state index is 0. The van der Waals surface area contributed by atoms with Gasteiger partial charge in [0, 0.05) is 38.8 Å². The van der Waals surface area contributed by atoms with Crippen LogP contribution in [0, 0.1) is 0 Å². The van der Waals surface area contributed by atoms with Crippen LogP contribution in [-0.4, -0.2) is 14.9 Å². The van der Waals surface area contributed by atoms with E-state index >= 15 is 0 Å². The third-order valence-corrected chi connectivity index (χ3v) is 10.8. The molecular formula is C53H74N2NiO2. The topological polar surface area (TPSA) is 65.8 Å². The first kappa shape index (κ1) is 50.5. The molecule has 318 valence electrons. The molecule has 0 amide bonds. The summed E-state index contributed by atoms with van der Waals surface area (Å²) in [5.74, 6) is 0. The number of rotatable bonds is 23. The van der Waals surface area contributed by atoms with Gasteiger partial charge in [-0.1, -0.05) is 183 Å². The first-order valence-electron chi connectivity index (χ1n) is 22.4. The number of nitrogens with zero attached hydrogens (tertiary/aromatic N) is 2. The van der Waals surface area contributed by atoms with Crippen LogP contribution in [0.3, 0.4) is 0 Å². The van der Waals surface area contributed by atoms with Crippen LogP contribution in [0.4, 0.5) is 0 Å². The maximum atomic E-state index is 11.9. The van der Waals surface area contributed by atoms with Gasteiger partial charge in [-0.15, -0.1) is 0 Å². The average molecular weight is 830 g/mol. The van der Waals surface area contributed by atoms with Crippen molar-refractivity contribution in [2.75, 3.05) is 0 Å². The Labute approximate surface area is 363 Å². The minimum absolute atomic E-state index is 0. The maximum Gasteiger partial charge on any atom is 0.211 e. The van der Waals surface area contributed by atoms with Gasteiger partial charge in [-0.2, -0.15) is 0 Å². The van der Waals surface area contributed by atoms with E-state index in [0.29, 0.717) is 0 Å². The maximum absolute atomic E-state index is 11.9. The molecule has 1 aliphatic rings. The Morgan fingerprint density at radius 2 is 0.810 bits per heavy atom. The van der Waals surface area contributed by atoms with Crippen molar-refractivity contribution in [3.63, 3.8) is 0 Å². The number of unbranched alkanes of at least 4 members (excludes halogenated alkanes) is 11. The van der Waals surface area contributed by atoms with Crippen LogP contribution >= 0.6 is 0 Å². The van der Waals surface area contributed by atoms with E-state index in [0.717, 1.165) is 72.2 Å². The molecule has 0 saturated heterocycles. The summed E-state index contributed by atoms with van der Waals surface area (Å²) in [7, 11) is 0. The Kier molecular flexibility index (Phi) is 27.3. The smallest absolute Gasteiger partial charge is 0.211 e. The normalized spacial score (nSPS) is 12.1. The van der Waals surface area contributed by atoms with Crippen LogP contribution < -0.4 is 0 Å². The van der Waals surface area contributed by atoms with Gasteiger partial charge in [0.2, 0.25) is 11.4 Å². The van der Waals surface area contributed by atoms with E-state index in [4.69, 9.17) is 10.2 Å². The SMILES string of the molecule is CCCCCCCCc1ccc(C2=C(CCCC)C(CCCCC)=C(c3cccc(CCCCCC)c3)[N+]2=[N-])cc1.OCc1ccccc1.OCc1ccccc1.[Ni]. The van der Waals surface area contributed by atoms with Crippen LogP contribution in [0.25, 0.3) is 16.9 Å². The summed E-state index contributed by atoms with van der Waals surface area (Å²) < 4.78 is 1.56. The summed E-state index contributed by atoms with van der Waals surface area (Å²) in [4.78, 5) is 0. The van der Waals surface area contributed by atoms with Crippen molar-refractivity contribution in [2.24, 2.45) is 0 Å². The Morgan fingerprint density at radius 3 is 1.33 bits per heavy atom. The number of aliphatic hydroxyl groups excluding tert-OH is 2. The zero-order chi connectivity index (χ0) is 40.9. The fourth-order valence-corrected chi connectivity index (χ4v) is 7.43. The van der Waals surface area contributed by atoms with Crippen molar-refractivity contribution in [3.8, 4) is 0 Å². The van der Waals surface area contributed by atoms with Crippen molar-refractivity contribution in [1.29, 1.82) is 0 Å². The fraction of sp³-hybridized carbons (Fsp3) is 0.472. The van der Waals surface area contributed by atoms with Crippen molar-refractivity contribution < 1.29 is 31.4 Å². The Bertz CT molecular complexity index is 1690. The summed E-state index contributed by atoms with van der Waals surface area (Å²) in [6.45, 7) is 9.37. The Hall–Kier alpha value is -3.63. The molecule has 0 aromatic heterocycles. The van der Waals surface area contributed by atoms with Gasteiger partial charge >= 0.3 is 0 Å². The number of aliphatic hydroxyl groups is 2. The van der Waals surface area contributed by atoms with Crippen LogP contribution in [0.1, 0.15) is 170 Å². The number of aryl methyl sites for hydroxylation is 2. The predicted molar refractivity (Wildman–Crippen MR) is 244 cm³/mol. The van der Waals surface area contributed by atoms with E-state index in [9.17, 15) is 5.53 Å². The summed E-state index contributed by atoms with van der Waals surface area (Å²) in [5.41, 5.74) is 23.7. The average Bonchev–Trinajstić information content (AvgIpc) is 3.54. The molecular weight excluding hydrogens is 755 g/mol. The molecule has 0 atom stereocenters. The van der Waals surface area contributed by atoms with E-state index < -0.39 is 0 Å². The molecule has 4 nitrogen and oxygen atoms in total. The second-order valence-corrected chi connectivity index (χ2v) is 15.5. The van der Waals surface area contributed by atoms with Crippen LogP contribution in [0.15, 0.2) is 120 Å². The molecule has 0 saturated carbocycles. The molecule has 0 radical (unpaired) electrons. The molecule has 5 rings (SSSR count). The fourth-order valence-electron chi connectivity index (χ4n) is 7.43. The summed E-state index contributed by atoms with van der Waals surface area (Å²) in [6.07, 6.45) is 23.3. The van der Waals surface area contributed by atoms with Crippen molar-refractivity contribution >= 4 is 11.4 Å². The van der Waals surface area contributed by atoms with Gasteiger partial charge < -0.3 is 15.7 Å². The van der Waals surface area contributed by atoms with E-state index in [-0.39, 0.29) is 29.7 Å². The molecule has 0 fully saturated rings. The van der Waals surface area contributed by atoms with Crippen LogP contribution in [-0.2, 0) is 42.5 Å². The molecule has 0 bridgehead atoms. The van der Waals surface area contributed by atoms with Gasteiger partial charge in [0.05, 0.1) is 13.2 Å². The van der Waals surface area contributed by atoms with E-state index in [1.165, 1.54) is 106 Å². The Balaban J connectivity index is 0.000000560. The minimum Gasteiger partial charge on any atom is -0.493 e. The predicted octanol–water partition coefficient (Wildman–Crippen LogP) is 15.0. The van der Waals surface area contributed by atoms with Gasteiger partial charge in [0.1, 0.15) is 0 Å². The summed E-state index contributed by atoms with van der Waals surface area (Å²) in [6, 6.07) is 37.2. The first-order chi connectivity index (χ1) is 28.0. The number of allylic oxidation sites excluding steroid dienone is 2. The van der Waals surface area contributed by atoms with E-state index in [1.807, 2.05) is 60.7 Å². The molecule has 0 spiro atoms. The third kappa shape index (κ3) is 18.1. The second-order valence-electron chi connectivity index (χ2n) is 15.5.